The summed E-state index contributed by atoms with van der Waals surface area (Å²) in [5, 5.41) is 0. The molecule has 0 fully saturated rings. The van der Waals surface area contributed by atoms with Crippen molar-refractivity contribution in [2.45, 2.75) is 0 Å². The molecule has 0 unspecified atom stereocenters. The lowest BCUT2D eigenvalue weighted by atomic mass is 9.94. The fourth-order valence-corrected chi connectivity index (χ4v) is 6.51. The smallest absolute Gasteiger partial charge is 0.0803 e. The summed E-state index contributed by atoms with van der Waals surface area (Å²) in [6.45, 7) is 0. The molecule has 244 valence electrons. The molecule has 4 aromatic heterocycles. The minimum atomic E-state index is 0.858. The van der Waals surface area contributed by atoms with E-state index in [1.165, 1.54) is 0 Å². The van der Waals surface area contributed by atoms with Crippen LogP contribution >= 0.6 is 0 Å². The maximum absolute atomic E-state index is 5.35. The Morgan fingerprint density at radius 3 is 1.52 bits per heavy atom. The van der Waals surface area contributed by atoms with Gasteiger partial charge in [0.25, 0.3) is 0 Å². The van der Waals surface area contributed by atoms with Gasteiger partial charge in [0.1, 0.15) is 0 Å². The standard InChI is InChI=1S/C46H30N6/c1-3-13-43-38(10-1)45(33-21-17-31(18-22-33)36-27-37(30-48-29-36)40-12-5-6-26-49-40)51-44-14-4-2-11-39(44)46(52-43)34-23-19-32(20-24-34)41-15-7-16-42(50-41)35-9-8-25-47-28-35/h1-30H/b45-38?,46-39?,51-44?,51-45-,52-43?,52-46-. The van der Waals surface area contributed by atoms with Gasteiger partial charge in [-0.1, -0.05) is 97.1 Å². The predicted octanol–water partition coefficient (Wildman–Crippen LogP) is 10.6. The van der Waals surface area contributed by atoms with Crippen molar-refractivity contribution >= 4 is 22.8 Å². The minimum absolute atomic E-state index is 0.858. The minimum Gasteiger partial charge on any atom is -0.264 e. The first-order chi connectivity index (χ1) is 25.8. The van der Waals surface area contributed by atoms with Crippen LogP contribution in [0.25, 0.3) is 44.9 Å². The van der Waals surface area contributed by atoms with Gasteiger partial charge >= 0.3 is 0 Å². The van der Waals surface area contributed by atoms with E-state index in [1.54, 1.807) is 12.4 Å². The van der Waals surface area contributed by atoms with Crippen molar-refractivity contribution in [3.63, 3.8) is 0 Å². The molecule has 0 spiro atoms. The predicted molar refractivity (Wildman–Crippen MR) is 209 cm³/mol. The third-order valence-electron chi connectivity index (χ3n) is 9.13. The van der Waals surface area contributed by atoms with Gasteiger partial charge in [0, 0.05) is 75.5 Å². The molecule has 9 rings (SSSR count). The number of para-hydroxylation sites is 2. The van der Waals surface area contributed by atoms with Crippen LogP contribution in [0.4, 0.5) is 11.4 Å². The third kappa shape index (κ3) is 6.10. The van der Waals surface area contributed by atoms with Crippen LogP contribution in [0.1, 0.15) is 22.3 Å². The zero-order valence-corrected chi connectivity index (χ0v) is 28.0. The average Bonchev–Trinajstić information content (AvgIpc) is 3.22. The lowest BCUT2D eigenvalue weighted by molar-refractivity contribution is 1.28. The molecule has 0 radical (unpaired) electrons. The average molecular weight is 667 g/mol. The van der Waals surface area contributed by atoms with E-state index < -0.39 is 0 Å². The Bertz CT molecular complexity index is 2410. The zero-order chi connectivity index (χ0) is 34.7. The van der Waals surface area contributed by atoms with Crippen molar-refractivity contribution in [3.05, 3.63) is 205 Å². The van der Waals surface area contributed by atoms with Gasteiger partial charge in [-0.15, -0.1) is 0 Å². The van der Waals surface area contributed by atoms with Crippen molar-refractivity contribution in [1.29, 1.82) is 0 Å². The molecular weight excluding hydrogens is 637 g/mol. The normalized spacial score (nSPS) is 14.1. The van der Waals surface area contributed by atoms with Crippen molar-refractivity contribution < 1.29 is 0 Å². The van der Waals surface area contributed by atoms with Crippen LogP contribution in [-0.2, 0) is 0 Å². The van der Waals surface area contributed by atoms with E-state index >= 15 is 0 Å². The van der Waals surface area contributed by atoms with Gasteiger partial charge in [-0.05, 0) is 60.2 Å². The highest BCUT2D eigenvalue weighted by Crippen LogP contribution is 2.34. The number of rotatable bonds is 6. The molecule has 0 saturated heterocycles. The van der Waals surface area contributed by atoms with E-state index in [9.17, 15) is 0 Å². The zero-order valence-electron chi connectivity index (χ0n) is 28.0. The number of hydrogen-bond acceptors (Lipinski definition) is 6. The van der Waals surface area contributed by atoms with Crippen molar-refractivity contribution in [2.75, 3.05) is 0 Å². The Hall–Kier alpha value is -7.18. The summed E-state index contributed by atoms with van der Waals surface area (Å²) in [4.78, 5) is 28.9. The van der Waals surface area contributed by atoms with E-state index in [2.05, 4.69) is 93.8 Å². The Labute approximate surface area is 301 Å². The highest BCUT2D eigenvalue weighted by Gasteiger charge is 2.20. The highest BCUT2D eigenvalue weighted by atomic mass is 14.8. The van der Waals surface area contributed by atoms with Crippen LogP contribution in [0.5, 0.6) is 0 Å². The molecule has 0 amide bonds. The van der Waals surface area contributed by atoms with Crippen molar-refractivity contribution in [2.24, 2.45) is 9.98 Å². The molecule has 6 nitrogen and oxygen atoms in total. The highest BCUT2D eigenvalue weighted by molar-refractivity contribution is 6.22. The third-order valence-corrected chi connectivity index (χ3v) is 9.13. The monoisotopic (exact) mass is 666 g/mol. The maximum atomic E-state index is 5.35. The topological polar surface area (TPSA) is 76.3 Å². The molecule has 0 atom stereocenters. The fraction of sp³-hybridized carbons (Fsp3) is 0. The summed E-state index contributed by atoms with van der Waals surface area (Å²) in [6, 6.07) is 51.5. The number of hydrogen-bond donors (Lipinski definition) is 0. The van der Waals surface area contributed by atoms with Crippen molar-refractivity contribution in [3.8, 4) is 44.9 Å². The molecule has 6 heteroatoms. The maximum Gasteiger partial charge on any atom is 0.0803 e. The molecule has 0 aliphatic carbocycles. The summed E-state index contributed by atoms with van der Waals surface area (Å²) in [5.74, 6) is 0. The Morgan fingerprint density at radius 1 is 0.327 bits per heavy atom. The van der Waals surface area contributed by atoms with Gasteiger partial charge in [-0.2, -0.15) is 0 Å². The molecule has 1 aliphatic rings. The molecule has 0 N–H and O–H groups in total. The van der Waals surface area contributed by atoms with Gasteiger partial charge < -0.3 is 0 Å². The number of aliphatic imine (C=N–C) groups is 2. The van der Waals surface area contributed by atoms with Crippen LogP contribution in [0.3, 0.4) is 0 Å². The number of fused-ring (bicyclic) bond motifs is 2. The number of pyridine rings is 4. The second-order valence-corrected chi connectivity index (χ2v) is 12.4. The van der Waals surface area contributed by atoms with E-state index in [1.807, 2.05) is 91.4 Å². The second kappa shape index (κ2) is 13.6. The first-order valence-electron chi connectivity index (χ1n) is 17.1. The quantitative estimate of drug-likeness (QED) is 0.177. The summed E-state index contributed by atoms with van der Waals surface area (Å²) in [6.07, 6.45) is 9.14. The molecule has 52 heavy (non-hydrogen) atoms. The Kier molecular flexibility index (Phi) is 8.08. The summed E-state index contributed by atoms with van der Waals surface area (Å²) in [5.41, 5.74) is 15.2. The molecule has 0 bridgehead atoms. The summed E-state index contributed by atoms with van der Waals surface area (Å²) < 4.78 is 0. The van der Waals surface area contributed by atoms with E-state index in [4.69, 9.17) is 15.0 Å². The van der Waals surface area contributed by atoms with E-state index in [0.717, 1.165) is 90.0 Å². The van der Waals surface area contributed by atoms with Gasteiger partial charge in [-0.25, -0.2) is 15.0 Å². The van der Waals surface area contributed by atoms with Crippen LogP contribution in [0.2, 0.25) is 0 Å². The van der Waals surface area contributed by atoms with Gasteiger partial charge in [-0.3, -0.25) is 15.0 Å². The molecular formula is C46H30N6. The lowest BCUT2D eigenvalue weighted by Gasteiger charge is -2.18. The molecule has 5 heterocycles. The lowest BCUT2D eigenvalue weighted by Crippen LogP contribution is -2.10. The second-order valence-electron chi connectivity index (χ2n) is 12.4. The molecule has 8 aromatic rings. The van der Waals surface area contributed by atoms with E-state index in [0.29, 0.717) is 0 Å². The number of nitrogens with zero attached hydrogens (tertiary/aromatic N) is 6. The fourth-order valence-electron chi connectivity index (χ4n) is 6.51. The summed E-state index contributed by atoms with van der Waals surface area (Å²) >= 11 is 0. The first kappa shape index (κ1) is 30.8. The molecule has 0 saturated carbocycles. The summed E-state index contributed by atoms with van der Waals surface area (Å²) in [7, 11) is 0. The SMILES string of the molecule is c1ccc(-c2cncc(-c3ccc(/C4=N/c5ccccc5/C(c5ccc(-c6cccc(-c7cccnc7)n6)cc5)=N\c5ccccc54)cc3)c2)nc1. The van der Waals surface area contributed by atoms with Gasteiger partial charge in [0.05, 0.1) is 39.9 Å². The Morgan fingerprint density at radius 2 is 0.885 bits per heavy atom. The Balaban J connectivity index is 1.07. The van der Waals surface area contributed by atoms with Crippen molar-refractivity contribution in [1.82, 2.24) is 19.9 Å². The van der Waals surface area contributed by atoms with Gasteiger partial charge in [0.2, 0.25) is 0 Å². The van der Waals surface area contributed by atoms with Crippen LogP contribution < -0.4 is 0 Å². The molecule has 1 aliphatic heterocycles. The van der Waals surface area contributed by atoms with Crippen LogP contribution in [-0.4, -0.2) is 31.4 Å². The number of benzene rings is 4. The van der Waals surface area contributed by atoms with Gasteiger partial charge in [0.15, 0.2) is 0 Å². The number of aromatic nitrogens is 4. The van der Waals surface area contributed by atoms with E-state index in [-0.39, 0.29) is 0 Å². The van der Waals surface area contributed by atoms with Crippen LogP contribution in [0, 0.1) is 0 Å². The van der Waals surface area contributed by atoms with Crippen LogP contribution in [0.15, 0.2) is 193 Å². The largest absolute Gasteiger partial charge is 0.264 e. The molecule has 4 aromatic carbocycles. The first-order valence-corrected chi connectivity index (χ1v) is 17.1.